The Morgan fingerprint density at radius 3 is 2.35 bits per heavy atom. The van der Waals surface area contributed by atoms with Crippen LogP contribution in [-0.4, -0.2) is 14.2 Å². The third-order valence-electron chi connectivity index (χ3n) is 3.30. The summed E-state index contributed by atoms with van der Waals surface area (Å²) in [4.78, 5) is 1.98. The minimum atomic E-state index is -0.274. The van der Waals surface area contributed by atoms with Crippen molar-refractivity contribution in [3.63, 3.8) is 0 Å². The van der Waals surface area contributed by atoms with Crippen molar-refractivity contribution in [1.29, 1.82) is 0 Å². The van der Waals surface area contributed by atoms with Gasteiger partial charge in [0.1, 0.15) is 11.6 Å². The number of hydrogen-bond acceptors (Lipinski definition) is 3. The number of hydrogen-bond donors (Lipinski definition) is 1. The molecule has 2 N–H and O–H groups in total. The van der Waals surface area contributed by atoms with E-state index in [0.717, 1.165) is 22.7 Å². The number of nitrogens with two attached hydrogens (primary N) is 1. The molecule has 4 heteroatoms. The molecule has 0 amide bonds. The molecular formula is C16H19FN2O. The van der Waals surface area contributed by atoms with Crippen molar-refractivity contribution >= 4 is 11.4 Å². The Hall–Kier alpha value is -2.07. The molecule has 0 aromatic heterocycles. The van der Waals surface area contributed by atoms with Crippen LogP contribution >= 0.6 is 0 Å². The summed E-state index contributed by atoms with van der Waals surface area (Å²) in [6, 6.07) is 12.1. The smallest absolute Gasteiger partial charge is 0.123 e. The van der Waals surface area contributed by atoms with Crippen LogP contribution in [0.2, 0.25) is 0 Å². The van der Waals surface area contributed by atoms with Gasteiger partial charge in [0, 0.05) is 24.5 Å². The molecule has 1 unspecified atom stereocenters. The Kier molecular flexibility index (Phi) is 4.25. The molecule has 106 valence electrons. The first-order valence-electron chi connectivity index (χ1n) is 6.45. The van der Waals surface area contributed by atoms with E-state index in [-0.39, 0.29) is 11.9 Å². The second-order valence-electron chi connectivity index (χ2n) is 4.75. The molecule has 20 heavy (non-hydrogen) atoms. The largest absolute Gasteiger partial charge is 0.497 e. The van der Waals surface area contributed by atoms with Gasteiger partial charge < -0.3 is 15.4 Å². The molecule has 0 heterocycles. The summed E-state index contributed by atoms with van der Waals surface area (Å²) in [5, 5.41) is 0. The van der Waals surface area contributed by atoms with Crippen molar-refractivity contribution in [2.45, 2.75) is 13.0 Å². The molecular weight excluding hydrogens is 255 g/mol. The number of halogens is 1. The van der Waals surface area contributed by atoms with Gasteiger partial charge in [-0.05, 0) is 55.0 Å². The molecule has 0 aliphatic carbocycles. The number of nitrogens with zero attached hydrogens (tertiary/aromatic N) is 1. The highest BCUT2D eigenvalue weighted by atomic mass is 19.1. The fourth-order valence-corrected chi connectivity index (χ4v) is 2.14. The van der Waals surface area contributed by atoms with Crippen LogP contribution in [0, 0.1) is 5.82 Å². The second-order valence-corrected chi connectivity index (χ2v) is 4.75. The van der Waals surface area contributed by atoms with Gasteiger partial charge in [-0.3, -0.25) is 0 Å². The van der Waals surface area contributed by atoms with E-state index in [2.05, 4.69) is 0 Å². The number of anilines is 2. The summed E-state index contributed by atoms with van der Waals surface area (Å²) < 4.78 is 18.5. The zero-order chi connectivity index (χ0) is 14.7. The molecule has 0 radical (unpaired) electrons. The fourth-order valence-electron chi connectivity index (χ4n) is 2.14. The zero-order valence-corrected chi connectivity index (χ0v) is 11.9. The average molecular weight is 274 g/mol. The highest BCUT2D eigenvalue weighted by Crippen LogP contribution is 2.31. The maximum absolute atomic E-state index is 13.4. The molecule has 2 rings (SSSR count). The van der Waals surface area contributed by atoms with Crippen LogP contribution in [0.4, 0.5) is 15.8 Å². The molecule has 1 atom stereocenters. The van der Waals surface area contributed by atoms with E-state index in [1.807, 2.05) is 43.1 Å². The van der Waals surface area contributed by atoms with Crippen LogP contribution in [0.25, 0.3) is 0 Å². The third-order valence-corrected chi connectivity index (χ3v) is 3.30. The van der Waals surface area contributed by atoms with Gasteiger partial charge in [-0.25, -0.2) is 4.39 Å². The second kappa shape index (κ2) is 5.92. The van der Waals surface area contributed by atoms with E-state index in [1.165, 1.54) is 12.1 Å². The van der Waals surface area contributed by atoms with Gasteiger partial charge >= 0.3 is 0 Å². The fraction of sp³-hybridized carbons (Fsp3) is 0.250. The molecule has 0 aliphatic heterocycles. The summed E-state index contributed by atoms with van der Waals surface area (Å²) in [7, 11) is 3.56. The van der Waals surface area contributed by atoms with Crippen molar-refractivity contribution < 1.29 is 9.13 Å². The highest BCUT2D eigenvalue weighted by molar-refractivity contribution is 5.66. The summed E-state index contributed by atoms with van der Waals surface area (Å²) in [5.74, 6) is 0.526. The third kappa shape index (κ3) is 2.91. The first-order chi connectivity index (χ1) is 9.52. The van der Waals surface area contributed by atoms with Crippen LogP contribution in [0.1, 0.15) is 18.5 Å². The minimum Gasteiger partial charge on any atom is -0.497 e. The molecule has 3 nitrogen and oxygen atoms in total. The van der Waals surface area contributed by atoms with Gasteiger partial charge in [-0.1, -0.05) is 0 Å². The van der Waals surface area contributed by atoms with E-state index in [4.69, 9.17) is 10.5 Å². The van der Waals surface area contributed by atoms with Gasteiger partial charge in [-0.2, -0.15) is 0 Å². The van der Waals surface area contributed by atoms with Crippen molar-refractivity contribution in [3.05, 3.63) is 53.8 Å². The van der Waals surface area contributed by atoms with Gasteiger partial charge in [0.2, 0.25) is 0 Å². The van der Waals surface area contributed by atoms with Crippen LogP contribution < -0.4 is 15.4 Å². The van der Waals surface area contributed by atoms with E-state index in [1.54, 1.807) is 13.2 Å². The van der Waals surface area contributed by atoms with Crippen molar-refractivity contribution in [2.75, 3.05) is 19.1 Å². The first-order valence-corrected chi connectivity index (χ1v) is 6.45. The molecule has 2 aromatic rings. The lowest BCUT2D eigenvalue weighted by molar-refractivity contribution is 0.415. The van der Waals surface area contributed by atoms with Crippen LogP contribution in [0.3, 0.4) is 0 Å². The Balaban J connectivity index is 2.39. The summed E-state index contributed by atoms with van der Waals surface area (Å²) in [5.41, 5.74) is 8.59. The topological polar surface area (TPSA) is 38.5 Å². The van der Waals surface area contributed by atoms with Crippen LogP contribution in [-0.2, 0) is 0 Å². The number of rotatable bonds is 4. The lowest BCUT2D eigenvalue weighted by Crippen LogP contribution is -2.16. The highest BCUT2D eigenvalue weighted by Gasteiger charge is 2.13. The zero-order valence-electron chi connectivity index (χ0n) is 11.9. The van der Waals surface area contributed by atoms with Crippen LogP contribution in [0.15, 0.2) is 42.5 Å². The van der Waals surface area contributed by atoms with E-state index >= 15 is 0 Å². The summed E-state index contributed by atoms with van der Waals surface area (Å²) >= 11 is 0. The van der Waals surface area contributed by atoms with Gasteiger partial charge in [0.25, 0.3) is 0 Å². The number of methoxy groups -OCH3 is 1. The molecule has 0 saturated heterocycles. The standard InChI is InChI=1S/C16H19FN2O/c1-11(18)15-10-12(17)4-9-16(15)19(2)13-5-7-14(20-3)8-6-13/h4-11H,18H2,1-3H3. The maximum Gasteiger partial charge on any atom is 0.123 e. The molecule has 0 saturated carbocycles. The molecule has 0 fully saturated rings. The van der Waals surface area contributed by atoms with Gasteiger partial charge in [0.05, 0.1) is 7.11 Å². The van der Waals surface area contributed by atoms with Crippen molar-refractivity contribution in [2.24, 2.45) is 5.73 Å². The Morgan fingerprint density at radius 1 is 1.15 bits per heavy atom. The molecule has 0 bridgehead atoms. The Bertz CT molecular complexity index is 582. The monoisotopic (exact) mass is 274 g/mol. The Labute approximate surface area is 118 Å². The lowest BCUT2D eigenvalue weighted by Gasteiger charge is -2.24. The predicted molar refractivity (Wildman–Crippen MR) is 80.1 cm³/mol. The van der Waals surface area contributed by atoms with Gasteiger partial charge in [-0.15, -0.1) is 0 Å². The SMILES string of the molecule is COc1ccc(N(C)c2ccc(F)cc2C(C)N)cc1. The van der Waals surface area contributed by atoms with E-state index < -0.39 is 0 Å². The Morgan fingerprint density at radius 2 is 1.80 bits per heavy atom. The summed E-state index contributed by atoms with van der Waals surface area (Å²) in [6.07, 6.45) is 0. The van der Waals surface area contributed by atoms with Crippen LogP contribution in [0.5, 0.6) is 5.75 Å². The number of ether oxygens (including phenoxy) is 1. The lowest BCUT2D eigenvalue weighted by atomic mass is 10.1. The van der Waals surface area contributed by atoms with Gasteiger partial charge in [0.15, 0.2) is 0 Å². The first kappa shape index (κ1) is 14.3. The average Bonchev–Trinajstić information content (AvgIpc) is 2.46. The predicted octanol–water partition coefficient (Wildman–Crippen LogP) is 3.62. The van der Waals surface area contributed by atoms with E-state index in [9.17, 15) is 4.39 Å². The number of benzene rings is 2. The summed E-state index contributed by atoms with van der Waals surface area (Å²) in [6.45, 7) is 1.85. The molecule has 0 aliphatic rings. The van der Waals surface area contributed by atoms with E-state index in [0.29, 0.717) is 0 Å². The quantitative estimate of drug-likeness (QED) is 0.925. The maximum atomic E-state index is 13.4. The molecule has 2 aromatic carbocycles. The molecule has 0 spiro atoms. The van der Waals surface area contributed by atoms with Crippen molar-refractivity contribution in [3.8, 4) is 5.75 Å². The normalized spacial score (nSPS) is 12.1. The van der Waals surface area contributed by atoms with Crippen molar-refractivity contribution in [1.82, 2.24) is 0 Å². The minimum absolute atomic E-state index is 0.235.